The summed E-state index contributed by atoms with van der Waals surface area (Å²) in [6, 6.07) is 18.3. The molecule has 2 unspecified atom stereocenters. The van der Waals surface area contributed by atoms with Gasteiger partial charge >= 0.3 is 5.97 Å². The summed E-state index contributed by atoms with van der Waals surface area (Å²) in [4.78, 5) is 12.6. The maximum atomic E-state index is 12.6. The van der Waals surface area contributed by atoms with Gasteiger partial charge in [0, 0.05) is 17.4 Å². The SMILES string of the molecule is COC(=O)C1C(Nc2ccccc2)c2ccccc2N[C@H]1C1CC1. The Morgan fingerprint density at radius 2 is 1.79 bits per heavy atom. The van der Waals surface area contributed by atoms with Gasteiger partial charge in [0.2, 0.25) is 0 Å². The quantitative estimate of drug-likeness (QED) is 0.840. The standard InChI is InChI=1S/C20H22N2O2/c1-24-20(23)17-18(13-11-12-13)22-16-10-6-5-9-15(16)19(17)21-14-7-3-2-4-8-14/h2-10,13,17-19,21-22H,11-12H2,1H3/t17?,18-,19?/m0/s1. The highest BCUT2D eigenvalue weighted by atomic mass is 16.5. The topological polar surface area (TPSA) is 50.4 Å². The number of hydrogen-bond acceptors (Lipinski definition) is 4. The van der Waals surface area contributed by atoms with E-state index in [4.69, 9.17) is 4.74 Å². The van der Waals surface area contributed by atoms with Crippen LogP contribution in [0.5, 0.6) is 0 Å². The number of benzene rings is 2. The zero-order chi connectivity index (χ0) is 16.5. The first-order valence-corrected chi connectivity index (χ1v) is 8.53. The lowest BCUT2D eigenvalue weighted by Crippen LogP contribution is -2.46. The smallest absolute Gasteiger partial charge is 0.313 e. The predicted molar refractivity (Wildman–Crippen MR) is 94.9 cm³/mol. The van der Waals surface area contributed by atoms with E-state index in [2.05, 4.69) is 22.8 Å². The summed E-state index contributed by atoms with van der Waals surface area (Å²) in [7, 11) is 1.48. The van der Waals surface area contributed by atoms with Crippen molar-refractivity contribution in [3.8, 4) is 0 Å². The number of carbonyl (C=O) groups excluding carboxylic acids is 1. The van der Waals surface area contributed by atoms with Crippen LogP contribution in [-0.4, -0.2) is 19.1 Å². The molecule has 4 rings (SSSR count). The number of fused-ring (bicyclic) bond motifs is 1. The summed E-state index contributed by atoms with van der Waals surface area (Å²) in [5.41, 5.74) is 3.25. The molecule has 0 aromatic heterocycles. The van der Waals surface area contributed by atoms with Gasteiger partial charge in [0.05, 0.1) is 13.2 Å². The van der Waals surface area contributed by atoms with E-state index in [1.54, 1.807) is 0 Å². The Balaban J connectivity index is 1.76. The first kappa shape index (κ1) is 15.1. The number of esters is 1. The second-order valence-corrected chi connectivity index (χ2v) is 6.63. The molecule has 4 nitrogen and oxygen atoms in total. The van der Waals surface area contributed by atoms with E-state index in [1.807, 2.05) is 42.5 Å². The van der Waals surface area contributed by atoms with Gasteiger partial charge in [-0.1, -0.05) is 36.4 Å². The third-order valence-electron chi connectivity index (χ3n) is 5.06. The average molecular weight is 322 g/mol. The van der Waals surface area contributed by atoms with Gasteiger partial charge in [0.1, 0.15) is 5.92 Å². The number of hydrogen-bond donors (Lipinski definition) is 2. The van der Waals surface area contributed by atoms with Gasteiger partial charge in [-0.2, -0.15) is 0 Å². The molecule has 0 spiro atoms. The van der Waals surface area contributed by atoms with Crippen LogP contribution in [0.1, 0.15) is 24.4 Å². The van der Waals surface area contributed by atoms with E-state index < -0.39 is 0 Å². The number of nitrogens with one attached hydrogen (secondary N) is 2. The molecule has 4 heteroatoms. The number of methoxy groups -OCH3 is 1. The fourth-order valence-corrected chi connectivity index (χ4v) is 3.74. The molecule has 1 aliphatic heterocycles. The molecular weight excluding hydrogens is 300 g/mol. The molecule has 2 N–H and O–H groups in total. The number of para-hydroxylation sites is 2. The first-order valence-electron chi connectivity index (χ1n) is 8.53. The van der Waals surface area contributed by atoms with Crippen molar-refractivity contribution < 1.29 is 9.53 Å². The minimum Gasteiger partial charge on any atom is -0.469 e. The monoisotopic (exact) mass is 322 g/mol. The molecular formula is C20H22N2O2. The van der Waals surface area contributed by atoms with Crippen LogP contribution in [0.15, 0.2) is 54.6 Å². The Morgan fingerprint density at radius 1 is 1.08 bits per heavy atom. The second kappa shape index (κ2) is 6.19. The highest BCUT2D eigenvalue weighted by molar-refractivity contribution is 5.78. The predicted octanol–water partition coefficient (Wildman–Crippen LogP) is 3.83. The molecule has 0 radical (unpaired) electrons. The Bertz CT molecular complexity index is 727. The van der Waals surface area contributed by atoms with Crippen molar-refractivity contribution in [2.24, 2.45) is 11.8 Å². The van der Waals surface area contributed by atoms with Gasteiger partial charge in [-0.25, -0.2) is 0 Å². The van der Waals surface area contributed by atoms with E-state index in [0.717, 1.165) is 16.9 Å². The molecule has 2 aliphatic rings. The molecule has 1 heterocycles. The van der Waals surface area contributed by atoms with Gasteiger partial charge in [-0.3, -0.25) is 4.79 Å². The van der Waals surface area contributed by atoms with Crippen molar-refractivity contribution in [3.63, 3.8) is 0 Å². The fourth-order valence-electron chi connectivity index (χ4n) is 3.74. The van der Waals surface area contributed by atoms with Gasteiger partial charge in [-0.05, 0) is 42.5 Å². The van der Waals surface area contributed by atoms with Crippen LogP contribution >= 0.6 is 0 Å². The van der Waals surface area contributed by atoms with Crippen molar-refractivity contribution in [1.82, 2.24) is 0 Å². The maximum Gasteiger partial charge on any atom is 0.313 e. The van der Waals surface area contributed by atoms with Crippen molar-refractivity contribution in [3.05, 3.63) is 60.2 Å². The van der Waals surface area contributed by atoms with E-state index in [-0.39, 0.29) is 24.0 Å². The Labute approximate surface area is 142 Å². The van der Waals surface area contributed by atoms with Crippen molar-refractivity contribution in [2.75, 3.05) is 17.7 Å². The largest absolute Gasteiger partial charge is 0.469 e. The van der Waals surface area contributed by atoms with Gasteiger partial charge in [0.25, 0.3) is 0 Å². The van der Waals surface area contributed by atoms with Crippen LogP contribution < -0.4 is 10.6 Å². The van der Waals surface area contributed by atoms with Crippen LogP contribution in [0.4, 0.5) is 11.4 Å². The van der Waals surface area contributed by atoms with Crippen molar-refractivity contribution in [2.45, 2.75) is 24.9 Å². The highest BCUT2D eigenvalue weighted by Gasteiger charge is 2.48. The third kappa shape index (κ3) is 2.73. The van der Waals surface area contributed by atoms with E-state index in [1.165, 1.54) is 20.0 Å². The number of rotatable bonds is 4. The Kier molecular flexibility index (Phi) is 3.89. The zero-order valence-corrected chi connectivity index (χ0v) is 13.7. The van der Waals surface area contributed by atoms with Crippen molar-refractivity contribution >= 4 is 17.3 Å². The van der Waals surface area contributed by atoms with Crippen LogP contribution in [0.3, 0.4) is 0 Å². The van der Waals surface area contributed by atoms with Crippen LogP contribution in [-0.2, 0) is 9.53 Å². The van der Waals surface area contributed by atoms with E-state index in [9.17, 15) is 4.79 Å². The minimum atomic E-state index is -0.238. The van der Waals surface area contributed by atoms with Crippen LogP contribution in [0.2, 0.25) is 0 Å². The summed E-state index contributed by atoms with van der Waals surface area (Å²) in [5.74, 6) is 0.155. The molecule has 0 bridgehead atoms. The molecule has 1 aliphatic carbocycles. The van der Waals surface area contributed by atoms with E-state index in [0.29, 0.717) is 5.92 Å². The Hall–Kier alpha value is -2.49. The van der Waals surface area contributed by atoms with Gasteiger partial charge in [-0.15, -0.1) is 0 Å². The summed E-state index contributed by atoms with van der Waals surface area (Å²) in [6.07, 6.45) is 2.34. The van der Waals surface area contributed by atoms with Crippen LogP contribution in [0.25, 0.3) is 0 Å². The van der Waals surface area contributed by atoms with Crippen molar-refractivity contribution in [1.29, 1.82) is 0 Å². The maximum absolute atomic E-state index is 12.6. The summed E-state index contributed by atoms with van der Waals surface area (Å²) >= 11 is 0. The first-order chi connectivity index (χ1) is 11.8. The molecule has 24 heavy (non-hydrogen) atoms. The molecule has 1 fully saturated rings. The zero-order valence-electron chi connectivity index (χ0n) is 13.7. The molecule has 0 saturated heterocycles. The summed E-state index contributed by atoms with van der Waals surface area (Å²) in [6.45, 7) is 0. The number of carbonyl (C=O) groups is 1. The van der Waals surface area contributed by atoms with Crippen LogP contribution in [0, 0.1) is 11.8 Å². The van der Waals surface area contributed by atoms with E-state index >= 15 is 0 Å². The molecule has 1 saturated carbocycles. The number of ether oxygens (including phenoxy) is 1. The van der Waals surface area contributed by atoms with Gasteiger partial charge in [0.15, 0.2) is 0 Å². The molecule has 124 valence electrons. The second-order valence-electron chi connectivity index (χ2n) is 6.63. The summed E-state index contributed by atoms with van der Waals surface area (Å²) < 4.78 is 5.16. The lowest BCUT2D eigenvalue weighted by atomic mass is 9.80. The minimum absolute atomic E-state index is 0.0945. The molecule has 0 amide bonds. The normalized spacial score (nSPS) is 25.3. The summed E-state index contributed by atoms with van der Waals surface area (Å²) in [5, 5.41) is 7.17. The molecule has 3 atom stereocenters. The lowest BCUT2D eigenvalue weighted by Gasteiger charge is -2.40. The number of anilines is 2. The third-order valence-corrected chi connectivity index (χ3v) is 5.06. The lowest BCUT2D eigenvalue weighted by molar-refractivity contribution is -0.147. The fraction of sp³-hybridized carbons (Fsp3) is 0.350. The molecule has 2 aromatic carbocycles. The highest BCUT2D eigenvalue weighted by Crippen LogP contribution is 2.47. The average Bonchev–Trinajstić information content (AvgIpc) is 3.47. The molecule has 2 aromatic rings. The Morgan fingerprint density at radius 3 is 2.50 bits per heavy atom. The van der Waals surface area contributed by atoms with Gasteiger partial charge < -0.3 is 15.4 Å².